The molecule has 0 fully saturated rings. The maximum Gasteiger partial charge on any atom is 0.267 e. The molecule has 164 valence electrons. The molecule has 0 aliphatic heterocycles. The summed E-state index contributed by atoms with van der Waals surface area (Å²) in [6.07, 6.45) is 3.96. The molecule has 4 nitrogen and oxygen atoms in total. The van der Waals surface area contributed by atoms with Gasteiger partial charge in [0.05, 0.1) is 25.3 Å². The first kappa shape index (κ1) is 21.0. The minimum Gasteiger partial charge on any atom is -0.496 e. The van der Waals surface area contributed by atoms with Crippen LogP contribution in [0, 0.1) is 0 Å². The Morgan fingerprint density at radius 1 is 0.848 bits per heavy atom. The van der Waals surface area contributed by atoms with Gasteiger partial charge in [-0.1, -0.05) is 78.9 Å². The third kappa shape index (κ3) is 4.37. The Balaban J connectivity index is 1.51. The number of fused-ring (bicyclic) bond motifs is 1. The quantitative estimate of drug-likeness (QED) is 0.405. The number of methoxy groups -OCH3 is 1. The number of aromatic nitrogens is 2. The zero-order chi connectivity index (χ0) is 22.6. The van der Waals surface area contributed by atoms with Crippen LogP contribution in [0.15, 0.2) is 101 Å². The van der Waals surface area contributed by atoms with E-state index in [0.29, 0.717) is 6.54 Å². The molecule has 4 heteroatoms. The van der Waals surface area contributed by atoms with Gasteiger partial charge in [0.25, 0.3) is 5.56 Å². The van der Waals surface area contributed by atoms with E-state index in [4.69, 9.17) is 9.84 Å². The summed E-state index contributed by atoms with van der Waals surface area (Å²) in [5.41, 5.74) is 6.66. The van der Waals surface area contributed by atoms with Gasteiger partial charge in [0.1, 0.15) is 5.75 Å². The fourth-order valence-corrected chi connectivity index (χ4v) is 4.63. The smallest absolute Gasteiger partial charge is 0.267 e. The van der Waals surface area contributed by atoms with E-state index in [9.17, 15) is 4.79 Å². The van der Waals surface area contributed by atoms with Gasteiger partial charge in [-0.05, 0) is 47.2 Å². The highest BCUT2D eigenvalue weighted by molar-refractivity contribution is 5.63. The summed E-state index contributed by atoms with van der Waals surface area (Å²) in [5.74, 6) is 0.887. The van der Waals surface area contributed by atoms with Crippen molar-refractivity contribution in [2.24, 2.45) is 0 Å². The summed E-state index contributed by atoms with van der Waals surface area (Å²) < 4.78 is 7.12. The van der Waals surface area contributed by atoms with Crippen molar-refractivity contribution in [3.8, 4) is 5.75 Å². The first-order chi connectivity index (χ1) is 16.2. The van der Waals surface area contributed by atoms with Crippen molar-refractivity contribution in [1.29, 1.82) is 0 Å². The third-order valence-corrected chi connectivity index (χ3v) is 6.25. The van der Waals surface area contributed by atoms with Crippen LogP contribution in [0.4, 0.5) is 0 Å². The average Bonchev–Trinajstić information content (AvgIpc) is 2.87. The molecule has 1 aliphatic carbocycles. The molecule has 0 N–H and O–H groups in total. The van der Waals surface area contributed by atoms with Crippen molar-refractivity contribution >= 4 is 6.08 Å². The molecule has 0 saturated carbocycles. The molecule has 0 spiro atoms. The van der Waals surface area contributed by atoms with Crippen LogP contribution in [0.5, 0.6) is 5.75 Å². The summed E-state index contributed by atoms with van der Waals surface area (Å²) in [5, 5.41) is 4.85. The van der Waals surface area contributed by atoms with Crippen LogP contribution in [-0.4, -0.2) is 16.9 Å². The largest absolute Gasteiger partial charge is 0.496 e. The molecule has 0 unspecified atom stereocenters. The molecule has 1 aromatic heterocycles. The number of nitrogens with zero attached hydrogens (tertiary/aromatic N) is 2. The topological polar surface area (TPSA) is 44.1 Å². The number of hydrogen-bond acceptors (Lipinski definition) is 3. The normalized spacial score (nSPS) is 12.8. The van der Waals surface area contributed by atoms with E-state index in [1.54, 1.807) is 17.9 Å². The molecule has 0 saturated heterocycles. The highest BCUT2D eigenvalue weighted by atomic mass is 16.5. The summed E-state index contributed by atoms with van der Waals surface area (Å²) in [7, 11) is 1.71. The fraction of sp³-hybridized carbons (Fsp3) is 0.172. The summed E-state index contributed by atoms with van der Waals surface area (Å²) in [6, 6.07) is 30.3. The van der Waals surface area contributed by atoms with Crippen LogP contribution in [0.2, 0.25) is 0 Å². The lowest BCUT2D eigenvalue weighted by Crippen LogP contribution is -2.25. The highest BCUT2D eigenvalue weighted by Gasteiger charge is 2.20. The van der Waals surface area contributed by atoms with Crippen LogP contribution in [0.3, 0.4) is 0 Å². The Bertz CT molecular complexity index is 1300. The molecule has 0 atom stereocenters. The zero-order valence-corrected chi connectivity index (χ0v) is 18.6. The lowest BCUT2D eigenvalue weighted by Gasteiger charge is -2.21. The van der Waals surface area contributed by atoms with E-state index in [0.717, 1.165) is 41.0 Å². The minimum atomic E-state index is -0.0871. The van der Waals surface area contributed by atoms with Crippen molar-refractivity contribution in [3.05, 3.63) is 135 Å². The van der Waals surface area contributed by atoms with Crippen LogP contribution < -0.4 is 10.3 Å². The Hall–Kier alpha value is -3.92. The number of rotatable bonds is 6. The van der Waals surface area contributed by atoms with E-state index in [1.165, 1.54) is 11.1 Å². The van der Waals surface area contributed by atoms with Crippen molar-refractivity contribution in [2.45, 2.75) is 25.3 Å². The predicted molar refractivity (Wildman–Crippen MR) is 132 cm³/mol. The zero-order valence-electron chi connectivity index (χ0n) is 18.6. The molecule has 1 heterocycles. The molecule has 3 aromatic carbocycles. The van der Waals surface area contributed by atoms with Gasteiger partial charge in [-0.25, -0.2) is 4.68 Å². The first-order valence-electron chi connectivity index (χ1n) is 11.3. The van der Waals surface area contributed by atoms with Crippen molar-refractivity contribution in [2.75, 3.05) is 7.11 Å². The second-order valence-corrected chi connectivity index (χ2v) is 8.34. The fourth-order valence-electron chi connectivity index (χ4n) is 4.63. The molecule has 0 radical (unpaired) electrons. The number of benzene rings is 3. The predicted octanol–water partition coefficient (Wildman–Crippen LogP) is 5.46. The average molecular weight is 435 g/mol. The monoisotopic (exact) mass is 434 g/mol. The molecule has 4 aromatic rings. The molecule has 0 amide bonds. The summed E-state index contributed by atoms with van der Waals surface area (Å²) in [4.78, 5) is 12.7. The van der Waals surface area contributed by atoms with Gasteiger partial charge in [-0.2, -0.15) is 5.10 Å². The van der Waals surface area contributed by atoms with Gasteiger partial charge in [0.15, 0.2) is 0 Å². The minimum absolute atomic E-state index is 0.0374. The lowest BCUT2D eigenvalue weighted by atomic mass is 9.88. The number of allylic oxidation sites excluding steroid dienone is 1. The Labute approximate surface area is 193 Å². The SMILES string of the molecule is COc1cccc2c1CCC(Cn1nc(C(c3ccccc3)c3ccccc3)ccc1=O)=C2. The van der Waals surface area contributed by atoms with Crippen LogP contribution in [-0.2, 0) is 13.0 Å². The van der Waals surface area contributed by atoms with Crippen LogP contribution in [0.25, 0.3) is 6.08 Å². The molecule has 0 bridgehead atoms. The van der Waals surface area contributed by atoms with Crippen molar-refractivity contribution in [3.63, 3.8) is 0 Å². The van der Waals surface area contributed by atoms with Gasteiger partial charge in [-0.3, -0.25) is 4.79 Å². The van der Waals surface area contributed by atoms with Gasteiger partial charge in [0.2, 0.25) is 0 Å². The molecule has 33 heavy (non-hydrogen) atoms. The van der Waals surface area contributed by atoms with Gasteiger partial charge in [0, 0.05) is 11.6 Å². The maximum absolute atomic E-state index is 12.7. The molecule has 5 rings (SSSR count). The van der Waals surface area contributed by atoms with E-state index >= 15 is 0 Å². The van der Waals surface area contributed by atoms with E-state index in [-0.39, 0.29) is 11.5 Å². The lowest BCUT2D eigenvalue weighted by molar-refractivity contribution is 0.409. The van der Waals surface area contributed by atoms with Crippen LogP contribution >= 0.6 is 0 Å². The summed E-state index contributed by atoms with van der Waals surface area (Å²) >= 11 is 0. The maximum atomic E-state index is 12.7. The molecular weight excluding hydrogens is 408 g/mol. The Morgan fingerprint density at radius 2 is 1.55 bits per heavy atom. The number of hydrogen-bond donors (Lipinski definition) is 0. The van der Waals surface area contributed by atoms with E-state index < -0.39 is 0 Å². The van der Waals surface area contributed by atoms with E-state index in [2.05, 4.69) is 36.4 Å². The second kappa shape index (κ2) is 9.29. The summed E-state index contributed by atoms with van der Waals surface area (Å²) in [6.45, 7) is 0.486. The van der Waals surface area contributed by atoms with E-state index in [1.807, 2.05) is 54.6 Å². The van der Waals surface area contributed by atoms with Crippen molar-refractivity contribution in [1.82, 2.24) is 9.78 Å². The first-order valence-corrected chi connectivity index (χ1v) is 11.3. The number of ether oxygens (including phenoxy) is 1. The van der Waals surface area contributed by atoms with Gasteiger partial charge < -0.3 is 4.74 Å². The standard InChI is InChI=1S/C29H26N2O2/c1-33-27-14-8-13-24-19-21(15-16-25(24)27)20-31-28(32)18-17-26(30-31)29(22-9-4-2-5-10-22)23-11-6-3-7-12-23/h2-14,17-19,29H,15-16,20H2,1H3. The molecule has 1 aliphatic rings. The Morgan fingerprint density at radius 3 is 2.21 bits per heavy atom. The highest BCUT2D eigenvalue weighted by Crippen LogP contribution is 2.32. The second-order valence-electron chi connectivity index (χ2n) is 8.34. The Kier molecular flexibility index (Phi) is 5.90. The van der Waals surface area contributed by atoms with Crippen molar-refractivity contribution < 1.29 is 4.74 Å². The van der Waals surface area contributed by atoms with Gasteiger partial charge >= 0.3 is 0 Å². The molecular formula is C29H26N2O2. The van der Waals surface area contributed by atoms with Crippen LogP contribution in [0.1, 0.15) is 40.3 Å². The third-order valence-electron chi connectivity index (χ3n) is 6.25. The van der Waals surface area contributed by atoms with Gasteiger partial charge in [-0.15, -0.1) is 0 Å².